The van der Waals surface area contributed by atoms with Crippen molar-refractivity contribution in [2.45, 2.75) is 46.0 Å². The van der Waals surface area contributed by atoms with Crippen molar-refractivity contribution in [1.82, 2.24) is 30.1 Å². The Morgan fingerprint density at radius 3 is 1.60 bits per heavy atom. The van der Waals surface area contributed by atoms with Gasteiger partial charge in [-0.05, 0) is 110 Å². The van der Waals surface area contributed by atoms with Crippen LogP contribution in [-0.4, -0.2) is 54.1 Å². The summed E-state index contributed by atoms with van der Waals surface area (Å²) in [5.41, 5.74) is -2.28. The molecule has 0 saturated heterocycles. The van der Waals surface area contributed by atoms with E-state index in [1.54, 1.807) is 72.8 Å². The summed E-state index contributed by atoms with van der Waals surface area (Å²) < 4.78 is 111. The molecule has 23 nitrogen and oxygen atoms in total. The lowest BCUT2D eigenvalue weighted by Crippen LogP contribution is -2.37. The number of urea groups is 2. The number of hydroxylamine groups is 1. The zero-order valence-electron chi connectivity index (χ0n) is 46.7. The Hall–Kier alpha value is -11.9. The lowest BCUT2D eigenvalue weighted by Gasteiger charge is -2.22. The van der Waals surface area contributed by atoms with Gasteiger partial charge in [0.05, 0.1) is 11.8 Å². The molecule has 9 aromatic rings. The van der Waals surface area contributed by atoms with E-state index in [-0.39, 0.29) is 63.4 Å². The number of hydrogen-bond donors (Lipinski definition) is 6. The van der Waals surface area contributed by atoms with Crippen LogP contribution in [0.4, 0.5) is 76.1 Å². The van der Waals surface area contributed by atoms with Gasteiger partial charge < -0.3 is 50.4 Å². The van der Waals surface area contributed by atoms with Crippen LogP contribution in [0.3, 0.4) is 0 Å². The molecule has 0 bridgehead atoms. The summed E-state index contributed by atoms with van der Waals surface area (Å²) >= 11 is 0. The lowest BCUT2D eigenvalue weighted by molar-refractivity contribution is -0.139. The van der Waals surface area contributed by atoms with Crippen LogP contribution in [0.5, 0.6) is 46.5 Å². The smallest absolute Gasteiger partial charge is 0.420 e. The van der Waals surface area contributed by atoms with E-state index in [0.29, 0.717) is 34.4 Å². The van der Waals surface area contributed by atoms with Crippen molar-refractivity contribution in [2.75, 3.05) is 31.6 Å². The van der Waals surface area contributed by atoms with Crippen LogP contribution < -0.4 is 50.6 Å². The molecule has 4 heterocycles. The Balaban J connectivity index is 0.813. The van der Waals surface area contributed by atoms with Gasteiger partial charge in [-0.15, -0.1) is 15.3 Å². The molecule has 29 heteroatoms. The van der Waals surface area contributed by atoms with Gasteiger partial charge in [0.2, 0.25) is 0 Å². The van der Waals surface area contributed by atoms with E-state index in [1.807, 2.05) is 19.9 Å². The van der Waals surface area contributed by atoms with Crippen molar-refractivity contribution in [2.24, 2.45) is 10.2 Å². The first-order valence-corrected chi connectivity index (χ1v) is 26.4. The lowest BCUT2D eigenvalue weighted by atomic mass is 10.0. The predicted octanol–water partition coefficient (Wildman–Crippen LogP) is 15.4. The molecule has 6 N–H and O–H groups in total. The molecule has 1 aliphatic rings. The number of anilines is 7. The van der Waals surface area contributed by atoms with Gasteiger partial charge in [0.25, 0.3) is 5.91 Å². The number of nitrogens with one attached hydrogen (secondary N) is 6. The van der Waals surface area contributed by atoms with Crippen molar-refractivity contribution in [3.05, 3.63) is 203 Å². The molecule has 0 aliphatic carbocycles. The molecule has 0 unspecified atom stereocenters. The maximum atomic E-state index is 14.7. The third-order valence-corrected chi connectivity index (χ3v) is 12.3. The van der Waals surface area contributed by atoms with E-state index >= 15 is 0 Å². The van der Waals surface area contributed by atoms with Gasteiger partial charge in [0.1, 0.15) is 51.6 Å². The number of carbonyl (C=O) groups excluding carboxylic acids is 4. The third-order valence-electron chi connectivity index (χ3n) is 12.3. The van der Waals surface area contributed by atoms with Crippen molar-refractivity contribution in [3.8, 4) is 46.5 Å². The first-order chi connectivity index (χ1) is 42.5. The molecule has 452 valence electrons. The number of alkyl halides is 6. The minimum Gasteiger partial charge on any atom is -0.453 e. The number of aromatic nitrogens is 6. The van der Waals surface area contributed by atoms with Gasteiger partial charge in [-0.3, -0.25) is 9.89 Å². The van der Waals surface area contributed by atoms with Crippen LogP contribution in [0.1, 0.15) is 58.3 Å². The molecule has 10 rings (SSSR count). The highest BCUT2D eigenvalue weighted by Gasteiger charge is 2.37. The largest absolute Gasteiger partial charge is 0.453 e. The number of azo groups is 1. The number of halogens is 6. The monoisotopic (exact) mass is 1220 g/mol. The first-order valence-electron chi connectivity index (χ1n) is 26.4. The predicted molar refractivity (Wildman–Crippen MR) is 310 cm³/mol. The van der Waals surface area contributed by atoms with E-state index in [9.17, 15) is 45.5 Å². The van der Waals surface area contributed by atoms with Gasteiger partial charge in [-0.25, -0.2) is 24.4 Å². The number of hydrogen-bond acceptors (Lipinski definition) is 17. The highest BCUT2D eigenvalue weighted by molar-refractivity contribution is 6.03. The second-order valence-electron chi connectivity index (χ2n) is 19.4. The average Bonchev–Trinajstić information content (AvgIpc) is 3.96. The summed E-state index contributed by atoms with van der Waals surface area (Å²) in [6.07, 6.45) is -9.01. The van der Waals surface area contributed by atoms with Crippen molar-refractivity contribution >= 4 is 64.1 Å². The quantitative estimate of drug-likeness (QED) is 0.0344. The number of para-hydroxylation sites is 2. The second-order valence-corrected chi connectivity index (χ2v) is 19.4. The Labute approximate surface area is 499 Å². The molecule has 5 amide bonds. The average molecular weight is 1220 g/mol. The summed E-state index contributed by atoms with van der Waals surface area (Å²) in [6.45, 7) is 6.83. The van der Waals surface area contributed by atoms with Crippen molar-refractivity contribution in [1.29, 1.82) is 0 Å². The minimum absolute atomic E-state index is 0.0211. The Morgan fingerprint density at radius 1 is 0.551 bits per heavy atom. The summed E-state index contributed by atoms with van der Waals surface area (Å²) in [5.74, 6) is -1.85. The summed E-state index contributed by atoms with van der Waals surface area (Å²) in [4.78, 5) is 74.5. The maximum absolute atomic E-state index is 14.7. The summed E-state index contributed by atoms with van der Waals surface area (Å²) in [5, 5.41) is 26.8. The molecular formula is C60H46F6N14O9. The molecule has 6 aromatic carbocycles. The molecule has 89 heavy (non-hydrogen) atoms. The number of amides is 5. The number of aromatic amines is 1. The molecule has 1 aliphatic heterocycles. The zero-order chi connectivity index (χ0) is 63.0. The van der Waals surface area contributed by atoms with Crippen LogP contribution in [0.2, 0.25) is 0 Å². The fourth-order valence-corrected chi connectivity index (χ4v) is 8.22. The molecular weight excluding hydrogens is 1170 g/mol. The summed E-state index contributed by atoms with van der Waals surface area (Å²) in [7, 11) is 0. The van der Waals surface area contributed by atoms with Gasteiger partial charge in [-0.1, -0.05) is 62.4 Å². The minimum atomic E-state index is -5.06. The molecule has 3 aromatic heterocycles. The standard InChI is InChI=1S/C60H46F6N14O9/c1-32(2)35-15-20-39(21-16-35)80(58(84)71-37-18-23-46(43(28-37)60(64,65)66)88-57-68-34(4)26-50(75-57)73-52-31-53(81)79-78-52)89-54(82)44-30-51(77-76-44)72-49-25-33(3)67-56(74-49)87-45-22-17-36(27-42(45)59(61,62)63)69-55(83)70-38-19-24-47(85-40-11-7-5-8-12-40)48(29-38)86-41-13-9-6-10-14-41/h5-32H,1-4H3,(H,71,84)(H,68,73,75)(H2,69,70,83)(H2,67,72,74,76,77). The number of ether oxygens (including phenoxy) is 4. The Kier molecular flexibility index (Phi) is 17.4. The van der Waals surface area contributed by atoms with Crippen LogP contribution >= 0.6 is 0 Å². The number of nitrogens with zero attached hydrogens (tertiary/aromatic N) is 8. The van der Waals surface area contributed by atoms with Crippen LogP contribution in [0.15, 0.2) is 180 Å². The highest BCUT2D eigenvalue weighted by Crippen LogP contribution is 2.42. The fourth-order valence-electron chi connectivity index (χ4n) is 8.22. The van der Waals surface area contributed by atoms with E-state index in [4.69, 9.17) is 23.8 Å². The zero-order valence-corrected chi connectivity index (χ0v) is 46.7. The summed E-state index contributed by atoms with van der Waals surface area (Å²) in [6, 6.07) is 34.5. The number of benzene rings is 6. The second kappa shape index (κ2) is 25.7. The SMILES string of the molecule is Cc1cc(NC2=CC(=O)N=N2)nc(Oc2ccc(NC(=O)N(OC(=O)c3cc(Nc4cc(C)nc(Oc5ccc(NC(=O)Nc6ccc(Oc7ccccc7)c(Oc7ccccc7)c6)cc5C(F)(F)F)n4)[nH]n3)c3ccc(C(C)C)cc3)cc2C(F)(F)F)n1. The van der Waals surface area contributed by atoms with E-state index in [2.05, 4.69) is 66.9 Å². The first kappa shape index (κ1) is 60.2. The van der Waals surface area contributed by atoms with Crippen molar-refractivity contribution < 1.29 is 69.3 Å². The molecule has 0 spiro atoms. The Bertz CT molecular complexity index is 4190. The molecule has 0 saturated carbocycles. The van der Waals surface area contributed by atoms with E-state index in [0.717, 1.165) is 35.9 Å². The van der Waals surface area contributed by atoms with Crippen LogP contribution in [-0.2, 0) is 22.0 Å². The fraction of sp³-hybridized carbons (Fsp3) is 0.117. The van der Waals surface area contributed by atoms with Gasteiger partial charge in [0.15, 0.2) is 23.0 Å². The molecule has 0 radical (unpaired) electrons. The third kappa shape index (κ3) is 15.7. The number of H-pyrrole nitrogens is 1. The van der Waals surface area contributed by atoms with E-state index in [1.165, 1.54) is 56.3 Å². The Morgan fingerprint density at radius 2 is 1.07 bits per heavy atom. The van der Waals surface area contributed by atoms with Gasteiger partial charge >= 0.3 is 42.4 Å². The van der Waals surface area contributed by atoms with Gasteiger partial charge in [0, 0.05) is 52.7 Å². The van der Waals surface area contributed by atoms with Crippen molar-refractivity contribution in [3.63, 3.8) is 0 Å². The van der Waals surface area contributed by atoms with Gasteiger partial charge in [-0.2, -0.15) is 41.4 Å². The van der Waals surface area contributed by atoms with E-state index < -0.39 is 82.3 Å². The van der Waals surface area contributed by atoms with Crippen LogP contribution in [0.25, 0.3) is 0 Å². The normalized spacial score (nSPS) is 12.0. The van der Waals surface area contributed by atoms with Crippen LogP contribution in [0, 0.1) is 13.8 Å². The maximum Gasteiger partial charge on any atom is 0.420 e. The number of aryl methyl sites for hydroxylation is 2. The number of carbonyl (C=O) groups is 4. The molecule has 0 atom stereocenters. The topological polar surface area (TPSA) is 283 Å². The molecule has 0 fully saturated rings. The highest BCUT2D eigenvalue weighted by atomic mass is 19.4. The number of rotatable bonds is 18.